The fourth-order valence-electron chi connectivity index (χ4n) is 3.95. The largest absolute Gasteiger partial charge is 0.350 e. The molecule has 0 saturated carbocycles. The van der Waals surface area contributed by atoms with Gasteiger partial charge in [-0.15, -0.1) is 0 Å². The smallest absolute Gasteiger partial charge is 0.247 e. The molecule has 1 aliphatic heterocycles. The van der Waals surface area contributed by atoms with E-state index in [1.54, 1.807) is 36.7 Å². The first kappa shape index (κ1) is 20.8. The van der Waals surface area contributed by atoms with Crippen LogP contribution in [0.25, 0.3) is 5.69 Å². The van der Waals surface area contributed by atoms with Crippen molar-refractivity contribution in [2.24, 2.45) is 7.05 Å². The van der Waals surface area contributed by atoms with Crippen molar-refractivity contribution in [2.45, 2.75) is 30.6 Å². The van der Waals surface area contributed by atoms with Gasteiger partial charge in [0, 0.05) is 31.1 Å². The van der Waals surface area contributed by atoms with E-state index in [0.29, 0.717) is 29.4 Å². The monoisotopic (exact) mass is 446 g/mol. The molecule has 4 rings (SSSR count). The second kappa shape index (κ2) is 8.02. The van der Waals surface area contributed by atoms with Crippen LogP contribution in [0.4, 0.5) is 0 Å². The Morgan fingerprint density at radius 1 is 1.10 bits per heavy atom. The molecule has 1 fully saturated rings. The molecular formula is C21H23ClN4O3S. The van der Waals surface area contributed by atoms with E-state index in [2.05, 4.69) is 5.10 Å². The van der Waals surface area contributed by atoms with Crippen molar-refractivity contribution in [2.75, 3.05) is 13.1 Å². The molecule has 30 heavy (non-hydrogen) atoms. The number of hydrogen-bond donors (Lipinski definition) is 0. The first-order chi connectivity index (χ1) is 14.3. The predicted octanol–water partition coefficient (Wildman–Crippen LogP) is 3.10. The lowest BCUT2D eigenvalue weighted by Gasteiger charge is -2.32. The van der Waals surface area contributed by atoms with Gasteiger partial charge in [0.25, 0.3) is 0 Å². The molecule has 0 N–H and O–H groups in total. The average Bonchev–Trinajstić information content (AvgIpc) is 3.05. The van der Waals surface area contributed by atoms with E-state index in [-0.39, 0.29) is 23.0 Å². The highest BCUT2D eigenvalue weighted by atomic mass is 35.5. The second-order valence-electron chi connectivity index (χ2n) is 7.50. The molecule has 0 radical (unpaired) electrons. The third kappa shape index (κ3) is 3.59. The minimum Gasteiger partial charge on any atom is -0.247 e. The summed E-state index contributed by atoms with van der Waals surface area (Å²) in [5.41, 5.74) is 1.01. The maximum Gasteiger partial charge on any atom is 0.350 e. The quantitative estimate of drug-likeness (QED) is 0.617. The van der Waals surface area contributed by atoms with Crippen LogP contribution in [0.5, 0.6) is 0 Å². The highest BCUT2D eigenvalue weighted by Crippen LogP contribution is 2.32. The lowest BCUT2D eigenvalue weighted by molar-refractivity contribution is 0.306. The molecule has 1 unspecified atom stereocenters. The summed E-state index contributed by atoms with van der Waals surface area (Å²) in [7, 11) is -2.10. The molecule has 0 bridgehead atoms. The molecule has 2 heterocycles. The minimum absolute atomic E-state index is 0.192. The molecule has 2 aromatic carbocycles. The lowest BCUT2D eigenvalue weighted by atomic mass is 9.98. The summed E-state index contributed by atoms with van der Waals surface area (Å²) in [6, 6.07) is 14.2. The molecule has 1 saturated heterocycles. The van der Waals surface area contributed by atoms with Crippen molar-refractivity contribution in [3.8, 4) is 5.69 Å². The topological polar surface area (TPSA) is 77.2 Å². The van der Waals surface area contributed by atoms with Crippen LogP contribution in [0.2, 0.25) is 5.02 Å². The van der Waals surface area contributed by atoms with Gasteiger partial charge < -0.3 is 0 Å². The third-order valence-electron chi connectivity index (χ3n) is 5.55. The molecule has 0 amide bonds. The van der Waals surface area contributed by atoms with Crippen LogP contribution < -0.4 is 5.69 Å². The van der Waals surface area contributed by atoms with Crippen LogP contribution in [-0.2, 0) is 17.1 Å². The first-order valence-electron chi connectivity index (χ1n) is 9.77. The molecule has 0 aliphatic carbocycles. The van der Waals surface area contributed by atoms with Crippen LogP contribution in [0.15, 0.2) is 58.2 Å². The summed E-state index contributed by atoms with van der Waals surface area (Å²) in [5.74, 6) is 0.388. The van der Waals surface area contributed by atoms with Gasteiger partial charge in [0.2, 0.25) is 10.0 Å². The van der Waals surface area contributed by atoms with Gasteiger partial charge in [-0.1, -0.05) is 35.9 Å². The van der Waals surface area contributed by atoms with Crippen LogP contribution in [0.1, 0.15) is 30.1 Å². The van der Waals surface area contributed by atoms with E-state index in [0.717, 1.165) is 12.1 Å². The summed E-state index contributed by atoms with van der Waals surface area (Å²) in [5, 5.41) is 4.88. The number of aryl methyl sites for hydroxylation is 1. The Kier molecular flexibility index (Phi) is 5.57. The molecular weight excluding hydrogens is 424 g/mol. The first-order valence-corrected chi connectivity index (χ1v) is 11.6. The fraction of sp³-hybridized carbons (Fsp3) is 0.333. The van der Waals surface area contributed by atoms with Crippen LogP contribution in [0, 0.1) is 6.92 Å². The number of sulfonamides is 1. The van der Waals surface area contributed by atoms with Crippen molar-refractivity contribution in [3.05, 3.63) is 75.4 Å². The number of halogens is 1. The van der Waals surface area contributed by atoms with E-state index in [1.807, 2.05) is 30.3 Å². The third-order valence-corrected chi connectivity index (χ3v) is 7.97. The predicted molar refractivity (Wildman–Crippen MR) is 116 cm³/mol. The van der Waals surface area contributed by atoms with E-state index < -0.39 is 10.0 Å². The van der Waals surface area contributed by atoms with Crippen molar-refractivity contribution in [1.82, 2.24) is 18.7 Å². The van der Waals surface area contributed by atoms with Crippen molar-refractivity contribution >= 4 is 21.6 Å². The lowest BCUT2D eigenvalue weighted by Crippen LogP contribution is -2.40. The summed E-state index contributed by atoms with van der Waals surface area (Å²) >= 11 is 6.16. The zero-order chi connectivity index (χ0) is 21.5. The Labute approximate surface area is 180 Å². The van der Waals surface area contributed by atoms with Gasteiger partial charge in [-0.25, -0.2) is 22.5 Å². The number of rotatable bonds is 4. The number of hydrogen-bond acceptors (Lipinski definition) is 4. The zero-order valence-electron chi connectivity index (χ0n) is 16.8. The normalized spacial score (nSPS) is 17.9. The number of piperidine rings is 1. The van der Waals surface area contributed by atoms with Gasteiger partial charge in [0.15, 0.2) is 0 Å². The molecule has 1 aliphatic rings. The molecule has 3 aromatic rings. The Morgan fingerprint density at radius 3 is 2.57 bits per heavy atom. The van der Waals surface area contributed by atoms with Gasteiger partial charge in [-0.2, -0.15) is 9.40 Å². The SMILES string of the molecule is Cc1c(Cl)cccc1S(=O)(=O)N1CCCC(c2nn(C)c(=O)n2-c2ccccc2)C1. The molecule has 9 heteroatoms. The molecule has 0 spiro atoms. The Hall–Kier alpha value is -2.42. The number of para-hydroxylation sites is 1. The van der Waals surface area contributed by atoms with Gasteiger partial charge >= 0.3 is 5.69 Å². The van der Waals surface area contributed by atoms with Crippen molar-refractivity contribution in [3.63, 3.8) is 0 Å². The van der Waals surface area contributed by atoms with Crippen molar-refractivity contribution < 1.29 is 8.42 Å². The Bertz CT molecular complexity index is 1230. The summed E-state index contributed by atoms with van der Waals surface area (Å²) < 4.78 is 31.0. The van der Waals surface area contributed by atoms with Crippen LogP contribution in [0.3, 0.4) is 0 Å². The summed E-state index contributed by atoms with van der Waals surface area (Å²) in [6.07, 6.45) is 1.44. The van der Waals surface area contributed by atoms with Gasteiger partial charge in [-0.3, -0.25) is 0 Å². The Morgan fingerprint density at radius 2 is 1.83 bits per heavy atom. The number of nitrogens with zero attached hydrogens (tertiary/aromatic N) is 4. The van der Waals surface area contributed by atoms with E-state index in [9.17, 15) is 13.2 Å². The molecule has 1 atom stereocenters. The highest BCUT2D eigenvalue weighted by Gasteiger charge is 2.34. The fourth-order valence-corrected chi connectivity index (χ4v) is 5.95. The molecule has 1 aromatic heterocycles. The average molecular weight is 447 g/mol. The highest BCUT2D eigenvalue weighted by molar-refractivity contribution is 7.89. The summed E-state index contributed by atoms with van der Waals surface area (Å²) in [6.45, 7) is 2.40. The zero-order valence-corrected chi connectivity index (χ0v) is 18.4. The van der Waals surface area contributed by atoms with Gasteiger partial charge in [0.05, 0.1) is 10.6 Å². The van der Waals surface area contributed by atoms with E-state index >= 15 is 0 Å². The maximum atomic E-state index is 13.3. The molecule has 158 valence electrons. The van der Waals surface area contributed by atoms with Crippen LogP contribution >= 0.6 is 11.6 Å². The maximum absolute atomic E-state index is 13.3. The van der Waals surface area contributed by atoms with E-state index in [4.69, 9.17) is 11.6 Å². The Balaban J connectivity index is 1.72. The number of benzene rings is 2. The second-order valence-corrected chi connectivity index (χ2v) is 9.81. The molecule has 7 nitrogen and oxygen atoms in total. The van der Waals surface area contributed by atoms with E-state index in [1.165, 1.54) is 8.99 Å². The van der Waals surface area contributed by atoms with Crippen LogP contribution in [-0.4, -0.2) is 40.2 Å². The summed E-state index contributed by atoms with van der Waals surface area (Å²) in [4.78, 5) is 13.0. The number of aromatic nitrogens is 3. The van der Waals surface area contributed by atoms with Gasteiger partial charge in [0.1, 0.15) is 5.82 Å². The minimum atomic E-state index is -3.71. The van der Waals surface area contributed by atoms with Gasteiger partial charge in [-0.05, 0) is 49.6 Å². The van der Waals surface area contributed by atoms with Crippen molar-refractivity contribution in [1.29, 1.82) is 0 Å². The standard InChI is InChI=1S/C21H23ClN4O3S/c1-15-18(22)11-6-12-19(15)30(28,29)25-13-7-8-16(14-25)20-23-24(2)21(27)26(20)17-9-4-3-5-10-17/h3-6,9-12,16H,7-8,13-14H2,1-2H3.